The molecule has 1 unspecified atom stereocenters. The molecule has 1 rings (SSSR count). The second-order valence-corrected chi connectivity index (χ2v) is 13.5. The van der Waals surface area contributed by atoms with Crippen molar-refractivity contribution in [3.63, 3.8) is 0 Å². The van der Waals surface area contributed by atoms with Crippen LogP contribution in [0.5, 0.6) is 0 Å². The topological polar surface area (TPSA) is 35.8 Å². The standard InChI is InChI=1S/C38H76N2O/c1-3-5-7-9-11-13-15-17-19-21-23-25-27-29-31-33-38-39-34-35-40(38)36-37(41)32-30-28-26-24-22-20-18-16-14-12-10-8-6-4-2/h37,41H,3-36H2,1-2H3. The number of hydrogen-bond acceptors (Lipinski definition) is 3. The Balaban J connectivity index is 1.86. The number of aliphatic imine (C=N–C) groups is 1. The fourth-order valence-corrected chi connectivity index (χ4v) is 6.54. The second kappa shape index (κ2) is 30.9. The molecule has 0 aromatic carbocycles. The van der Waals surface area contributed by atoms with Crippen molar-refractivity contribution < 1.29 is 5.11 Å². The van der Waals surface area contributed by atoms with Crippen LogP contribution in [0.3, 0.4) is 0 Å². The molecule has 0 aromatic heterocycles. The SMILES string of the molecule is CCCCCCCCCCCCCCCCCC1=NCCN1CC(O)CCCCCCCCCCCCCCCC. The molecule has 1 aliphatic heterocycles. The number of β-amino-alcohol motifs (C(OH)–C–C–N with tert-alkyl or cyclic N) is 1. The maximum Gasteiger partial charge on any atom is 0.0991 e. The van der Waals surface area contributed by atoms with Crippen LogP contribution in [0.15, 0.2) is 4.99 Å². The molecule has 41 heavy (non-hydrogen) atoms. The highest BCUT2D eigenvalue weighted by atomic mass is 16.3. The first kappa shape index (κ1) is 38.5. The number of nitrogens with zero attached hydrogens (tertiary/aromatic N) is 2. The van der Waals surface area contributed by atoms with Gasteiger partial charge in [-0.3, -0.25) is 4.99 Å². The minimum Gasteiger partial charge on any atom is -0.391 e. The van der Waals surface area contributed by atoms with Gasteiger partial charge in [-0.25, -0.2) is 0 Å². The summed E-state index contributed by atoms with van der Waals surface area (Å²) in [7, 11) is 0. The maximum atomic E-state index is 10.6. The Morgan fingerprint density at radius 3 is 1.24 bits per heavy atom. The Bertz CT molecular complexity index is 548. The summed E-state index contributed by atoms with van der Waals surface area (Å²) < 4.78 is 0. The molecule has 3 heteroatoms. The second-order valence-electron chi connectivity index (χ2n) is 13.5. The van der Waals surface area contributed by atoms with E-state index in [4.69, 9.17) is 4.99 Å². The molecule has 0 amide bonds. The first-order valence-corrected chi connectivity index (χ1v) is 19.2. The third-order valence-electron chi connectivity index (χ3n) is 9.36. The molecule has 0 aromatic rings. The van der Waals surface area contributed by atoms with Gasteiger partial charge in [0.25, 0.3) is 0 Å². The maximum absolute atomic E-state index is 10.6. The van der Waals surface area contributed by atoms with Crippen molar-refractivity contribution in [2.45, 2.75) is 219 Å². The van der Waals surface area contributed by atoms with Gasteiger partial charge in [0.05, 0.1) is 18.5 Å². The fraction of sp³-hybridized carbons (Fsp3) is 0.974. The highest BCUT2D eigenvalue weighted by Gasteiger charge is 2.19. The number of aliphatic hydroxyl groups excluding tert-OH is 1. The van der Waals surface area contributed by atoms with Gasteiger partial charge in [-0.05, 0) is 12.8 Å². The zero-order valence-electron chi connectivity index (χ0n) is 28.5. The summed E-state index contributed by atoms with van der Waals surface area (Å²) in [5.41, 5.74) is 0. The monoisotopic (exact) mass is 577 g/mol. The van der Waals surface area contributed by atoms with Gasteiger partial charge < -0.3 is 10.0 Å². The summed E-state index contributed by atoms with van der Waals surface area (Å²) in [6.45, 7) is 7.34. The van der Waals surface area contributed by atoms with E-state index in [1.807, 2.05) is 0 Å². The van der Waals surface area contributed by atoms with Gasteiger partial charge in [0, 0.05) is 19.5 Å². The predicted molar refractivity (Wildman–Crippen MR) is 184 cm³/mol. The van der Waals surface area contributed by atoms with E-state index in [1.54, 1.807) is 0 Å². The molecule has 1 N–H and O–H groups in total. The lowest BCUT2D eigenvalue weighted by atomic mass is 10.0. The van der Waals surface area contributed by atoms with Crippen LogP contribution in [0, 0.1) is 0 Å². The average Bonchev–Trinajstić information content (AvgIpc) is 3.41. The lowest BCUT2D eigenvalue weighted by molar-refractivity contribution is 0.133. The molecule has 0 bridgehead atoms. The summed E-state index contributed by atoms with van der Waals surface area (Å²) >= 11 is 0. The number of aliphatic hydroxyl groups is 1. The van der Waals surface area contributed by atoms with E-state index in [2.05, 4.69) is 18.7 Å². The largest absolute Gasteiger partial charge is 0.391 e. The first-order valence-electron chi connectivity index (χ1n) is 19.2. The number of unbranched alkanes of at least 4 members (excludes halogenated alkanes) is 27. The van der Waals surface area contributed by atoms with Crippen LogP contribution in [-0.4, -0.2) is 41.6 Å². The quantitative estimate of drug-likeness (QED) is 0.0789. The Labute approximate surface area is 259 Å². The van der Waals surface area contributed by atoms with Crippen LogP contribution in [0.25, 0.3) is 0 Å². The Morgan fingerprint density at radius 2 is 0.854 bits per heavy atom. The van der Waals surface area contributed by atoms with E-state index in [-0.39, 0.29) is 6.10 Å². The van der Waals surface area contributed by atoms with E-state index in [0.717, 1.165) is 32.5 Å². The van der Waals surface area contributed by atoms with Crippen molar-refractivity contribution in [2.75, 3.05) is 19.6 Å². The average molecular weight is 577 g/mol. The summed E-state index contributed by atoms with van der Waals surface area (Å²) in [5, 5.41) is 10.6. The molecule has 0 spiro atoms. The Hall–Kier alpha value is -0.570. The summed E-state index contributed by atoms with van der Waals surface area (Å²) in [5.74, 6) is 1.28. The molecule has 1 aliphatic rings. The fourth-order valence-electron chi connectivity index (χ4n) is 6.54. The summed E-state index contributed by atoms with van der Waals surface area (Å²) in [6, 6.07) is 0. The zero-order chi connectivity index (χ0) is 29.5. The van der Waals surface area contributed by atoms with E-state index in [1.165, 1.54) is 192 Å². The van der Waals surface area contributed by atoms with Gasteiger partial charge in [0.1, 0.15) is 0 Å². The van der Waals surface area contributed by atoms with Crippen LogP contribution in [0.4, 0.5) is 0 Å². The third kappa shape index (κ3) is 25.6. The van der Waals surface area contributed by atoms with Gasteiger partial charge in [-0.1, -0.05) is 194 Å². The number of amidine groups is 1. The smallest absolute Gasteiger partial charge is 0.0991 e. The third-order valence-corrected chi connectivity index (χ3v) is 9.36. The highest BCUT2D eigenvalue weighted by molar-refractivity contribution is 5.83. The van der Waals surface area contributed by atoms with Crippen LogP contribution in [-0.2, 0) is 0 Å². The van der Waals surface area contributed by atoms with Crippen LogP contribution < -0.4 is 0 Å². The van der Waals surface area contributed by atoms with Gasteiger partial charge >= 0.3 is 0 Å². The molecule has 1 heterocycles. The van der Waals surface area contributed by atoms with Crippen molar-refractivity contribution in [3.05, 3.63) is 0 Å². The molecule has 0 radical (unpaired) electrons. The Kier molecular flexibility index (Phi) is 29.0. The molecule has 0 aliphatic carbocycles. The molecule has 0 saturated carbocycles. The van der Waals surface area contributed by atoms with E-state index < -0.39 is 0 Å². The van der Waals surface area contributed by atoms with Crippen molar-refractivity contribution in [1.29, 1.82) is 0 Å². The van der Waals surface area contributed by atoms with Crippen LogP contribution in [0.2, 0.25) is 0 Å². The van der Waals surface area contributed by atoms with E-state index in [9.17, 15) is 5.11 Å². The van der Waals surface area contributed by atoms with Crippen molar-refractivity contribution in [3.8, 4) is 0 Å². The van der Waals surface area contributed by atoms with Gasteiger partial charge in [-0.2, -0.15) is 0 Å². The van der Waals surface area contributed by atoms with Crippen molar-refractivity contribution in [1.82, 2.24) is 4.90 Å². The molecule has 3 nitrogen and oxygen atoms in total. The Morgan fingerprint density at radius 1 is 0.512 bits per heavy atom. The van der Waals surface area contributed by atoms with Gasteiger partial charge in [0.15, 0.2) is 0 Å². The lowest BCUT2D eigenvalue weighted by Crippen LogP contribution is -2.35. The normalized spacial score (nSPS) is 14.2. The zero-order valence-corrected chi connectivity index (χ0v) is 28.5. The molecular formula is C38H76N2O. The highest BCUT2D eigenvalue weighted by Crippen LogP contribution is 2.17. The minimum absolute atomic E-state index is 0.184. The van der Waals surface area contributed by atoms with Crippen LogP contribution >= 0.6 is 0 Å². The first-order chi connectivity index (χ1) is 20.3. The van der Waals surface area contributed by atoms with Gasteiger partial charge in [0.2, 0.25) is 0 Å². The number of rotatable bonds is 33. The van der Waals surface area contributed by atoms with Crippen molar-refractivity contribution >= 4 is 5.84 Å². The van der Waals surface area contributed by atoms with Crippen molar-refractivity contribution in [2.24, 2.45) is 4.99 Å². The minimum atomic E-state index is -0.184. The van der Waals surface area contributed by atoms with Crippen LogP contribution in [0.1, 0.15) is 213 Å². The molecule has 0 fully saturated rings. The molecule has 244 valence electrons. The predicted octanol–water partition coefficient (Wildman–Crippen LogP) is 12.2. The van der Waals surface area contributed by atoms with E-state index >= 15 is 0 Å². The molecule has 0 saturated heterocycles. The number of hydrogen-bond donors (Lipinski definition) is 1. The van der Waals surface area contributed by atoms with Gasteiger partial charge in [-0.15, -0.1) is 0 Å². The molecule has 1 atom stereocenters. The lowest BCUT2D eigenvalue weighted by Gasteiger charge is -2.23. The summed E-state index contributed by atoms with van der Waals surface area (Å²) in [4.78, 5) is 7.17. The summed E-state index contributed by atoms with van der Waals surface area (Å²) in [6.07, 6.45) is 42.6. The van der Waals surface area contributed by atoms with E-state index in [0.29, 0.717) is 0 Å². The molecular weight excluding hydrogens is 500 g/mol.